The quantitative estimate of drug-likeness (QED) is 0.360. The number of allylic oxidation sites excluding steroid dienone is 1. The number of rotatable bonds is 4. The summed E-state index contributed by atoms with van der Waals surface area (Å²) in [4.78, 5) is 25.7. The molecule has 0 bridgehead atoms. The predicted molar refractivity (Wildman–Crippen MR) is 129 cm³/mol. The van der Waals surface area contributed by atoms with Crippen LogP contribution < -0.4 is 0 Å². The summed E-state index contributed by atoms with van der Waals surface area (Å²) in [6, 6.07) is 0. The van der Waals surface area contributed by atoms with E-state index in [2.05, 4.69) is 0 Å². The van der Waals surface area contributed by atoms with Crippen LogP contribution in [0.5, 0.6) is 0 Å². The van der Waals surface area contributed by atoms with Crippen molar-refractivity contribution in [2.24, 2.45) is 40.4 Å². The summed E-state index contributed by atoms with van der Waals surface area (Å²) in [5.74, 6) is -1.60. The van der Waals surface area contributed by atoms with E-state index in [9.17, 15) is 35.1 Å². The van der Waals surface area contributed by atoms with Crippen LogP contribution in [0, 0.1) is 40.4 Å². The Hall–Kier alpha value is -1.58. The van der Waals surface area contributed by atoms with Crippen LogP contribution in [0.15, 0.2) is 23.3 Å². The van der Waals surface area contributed by atoms with Crippen LogP contribution in [-0.2, 0) is 14.3 Å². The molecule has 1 heterocycles. The van der Waals surface area contributed by atoms with Gasteiger partial charge in [-0.2, -0.15) is 0 Å². The standard InChI is InChI=1S/C28H40O8/c1-14-9-21(36-25(34)16(14)12-29)17(13-30)19-7-6-18-15-10-24(33)28(35)8-4-5-22(31)27(28,3)20(15)11-23(32)26(18,19)2/h4-5,15,17-21,23-24,29-30,32-33,35H,6-13H2,1-3H3/t15-,17-,18-,19+,20-,21+,23+,24+,26-,27-,28-/m0/s1. The Morgan fingerprint density at radius 1 is 1.08 bits per heavy atom. The van der Waals surface area contributed by atoms with E-state index >= 15 is 0 Å². The maximum absolute atomic E-state index is 13.2. The highest BCUT2D eigenvalue weighted by Crippen LogP contribution is 2.68. The summed E-state index contributed by atoms with van der Waals surface area (Å²) < 4.78 is 5.70. The molecule has 11 atom stereocenters. The van der Waals surface area contributed by atoms with Crippen molar-refractivity contribution >= 4 is 11.8 Å². The second-order valence-electron chi connectivity index (χ2n) is 12.4. The van der Waals surface area contributed by atoms with Gasteiger partial charge >= 0.3 is 5.97 Å². The first-order valence-electron chi connectivity index (χ1n) is 13.4. The highest BCUT2D eigenvalue weighted by molar-refractivity contribution is 5.97. The summed E-state index contributed by atoms with van der Waals surface area (Å²) in [5, 5.41) is 54.4. The molecule has 3 saturated carbocycles. The normalized spacial score (nSPS) is 49.3. The zero-order chi connectivity index (χ0) is 26.2. The number of carbonyl (C=O) groups is 2. The van der Waals surface area contributed by atoms with Crippen LogP contribution >= 0.6 is 0 Å². The topological polar surface area (TPSA) is 145 Å². The minimum atomic E-state index is -1.55. The van der Waals surface area contributed by atoms with Gasteiger partial charge in [-0.05, 0) is 81.1 Å². The molecular weight excluding hydrogens is 464 g/mol. The number of aliphatic hydroxyl groups excluding tert-OH is 4. The summed E-state index contributed by atoms with van der Waals surface area (Å²) in [6.45, 7) is 5.02. The van der Waals surface area contributed by atoms with E-state index in [4.69, 9.17) is 4.74 Å². The van der Waals surface area contributed by atoms with Gasteiger partial charge in [-0.15, -0.1) is 0 Å². The third-order valence-electron chi connectivity index (χ3n) is 11.4. The Labute approximate surface area is 212 Å². The number of esters is 1. The van der Waals surface area contributed by atoms with Crippen LogP contribution in [0.1, 0.15) is 59.3 Å². The third kappa shape index (κ3) is 3.24. The maximum atomic E-state index is 13.2. The molecule has 0 aromatic rings. The molecule has 5 aliphatic rings. The lowest BCUT2D eigenvalue weighted by atomic mass is 9.42. The summed E-state index contributed by atoms with van der Waals surface area (Å²) >= 11 is 0. The molecule has 5 N–H and O–H groups in total. The largest absolute Gasteiger partial charge is 0.458 e. The van der Waals surface area contributed by atoms with Gasteiger partial charge in [0.2, 0.25) is 0 Å². The Morgan fingerprint density at radius 3 is 2.44 bits per heavy atom. The smallest absolute Gasteiger partial charge is 0.336 e. The number of ether oxygens (including phenoxy) is 1. The molecule has 0 unspecified atom stereocenters. The van der Waals surface area contributed by atoms with E-state index in [0.29, 0.717) is 19.3 Å². The fourth-order valence-electron chi connectivity index (χ4n) is 9.22. The van der Waals surface area contributed by atoms with Crippen molar-refractivity contribution in [3.63, 3.8) is 0 Å². The van der Waals surface area contributed by atoms with Crippen molar-refractivity contribution in [2.45, 2.75) is 83.2 Å². The van der Waals surface area contributed by atoms with Crippen LogP contribution in [-0.4, -0.2) is 74.4 Å². The van der Waals surface area contributed by atoms with Crippen molar-refractivity contribution in [1.82, 2.24) is 0 Å². The first-order chi connectivity index (χ1) is 16.9. The highest BCUT2D eigenvalue weighted by atomic mass is 16.5. The van der Waals surface area contributed by atoms with Crippen LogP contribution in [0.4, 0.5) is 0 Å². The average molecular weight is 505 g/mol. The molecule has 1 aliphatic heterocycles. The molecule has 0 aromatic carbocycles. The number of carbonyl (C=O) groups excluding carboxylic acids is 2. The monoisotopic (exact) mass is 504 g/mol. The molecule has 5 rings (SSSR count). The molecular formula is C28H40O8. The minimum absolute atomic E-state index is 0.0102. The lowest BCUT2D eigenvalue weighted by molar-refractivity contribution is -0.246. The fourth-order valence-corrected chi connectivity index (χ4v) is 9.22. The van der Waals surface area contributed by atoms with Crippen molar-refractivity contribution < 1.29 is 39.9 Å². The second-order valence-corrected chi connectivity index (χ2v) is 12.4. The molecule has 36 heavy (non-hydrogen) atoms. The second kappa shape index (κ2) is 8.73. The van der Waals surface area contributed by atoms with E-state index in [1.165, 1.54) is 6.08 Å². The number of ketones is 1. The van der Waals surface area contributed by atoms with Crippen LogP contribution in [0.3, 0.4) is 0 Å². The number of hydrogen-bond donors (Lipinski definition) is 5. The third-order valence-corrected chi connectivity index (χ3v) is 11.4. The molecule has 8 heteroatoms. The average Bonchev–Trinajstić information content (AvgIpc) is 3.17. The number of hydrogen-bond acceptors (Lipinski definition) is 8. The van der Waals surface area contributed by atoms with Crippen LogP contribution in [0.25, 0.3) is 0 Å². The summed E-state index contributed by atoms with van der Waals surface area (Å²) in [7, 11) is 0. The molecule has 8 nitrogen and oxygen atoms in total. The van der Waals surface area contributed by atoms with Gasteiger partial charge in [-0.1, -0.05) is 18.6 Å². The zero-order valence-corrected chi connectivity index (χ0v) is 21.4. The first kappa shape index (κ1) is 26.0. The van der Waals surface area contributed by atoms with Gasteiger partial charge in [0.05, 0.1) is 29.8 Å². The van der Waals surface area contributed by atoms with E-state index in [-0.39, 0.29) is 60.6 Å². The van der Waals surface area contributed by atoms with Crippen molar-refractivity contribution in [1.29, 1.82) is 0 Å². The van der Waals surface area contributed by atoms with Crippen molar-refractivity contribution in [3.05, 3.63) is 23.3 Å². The number of aliphatic hydroxyl groups is 5. The molecule has 0 spiro atoms. The maximum Gasteiger partial charge on any atom is 0.336 e. The van der Waals surface area contributed by atoms with Crippen LogP contribution in [0.2, 0.25) is 0 Å². The van der Waals surface area contributed by atoms with Gasteiger partial charge in [-0.25, -0.2) is 4.79 Å². The first-order valence-corrected chi connectivity index (χ1v) is 13.4. The molecule has 200 valence electrons. The van der Waals surface area contributed by atoms with Gasteiger partial charge in [0, 0.05) is 18.9 Å². The van der Waals surface area contributed by atoms with Gasteiger partial charge in [0.1, 0.15) is 11.7 Å². The molecule has 4 aliphatic carbocycles. The Balaban J connectivity index is 1.48. The van der Waals surface area contributed by atoms with E-state index < -0.39 is 40.7 Å². The van der Waals surface area contributed by atoms with Gasteiger partial charge in [0.15, 0.2) is 5.78 Å². The van der Waals surface area contributed by atoms with Gasteiger partial charge < -0.3 is 30.3 Å². The van der Waals surface area contributed by atoms with E-state index in [1.54, 1.807) is 19.9 Å². The SMILES string of the molecule is CC1=C(CO)C(=O)O[C@@H]([C@@H](CO)[C@H]2CC[C@H]3[C@@H]4C[C@@H](O)[C@@]5(O)CC=CC(=O)[C@]5(C)[C@H]4C[C@@H](O)[C@]23C)C1. The molecule has 3 fully saturated rings. The number of fused-ring (bicyclic) bond motifs is 5. The fraction of sp³-hybridized carbons (Fsp3) is 0.786. The molecule has 0 aromatic heterocycles. The molecule has 0 radical (unpaired) electrons. The minimum Gasteiger partial charge on any atom is -0.458 e. The number of cyclic esters (lactones) is 1. The Bertz CT molecular complexity index is 1000. The Morgan fingerprint density at radius 2 is 1.81 bits per heavy atom. The van der Waals surface area contributed by atoms with Gasteiger partial charge in [0.25, 0.3) is 0 Å². The highest BCUT2D eigenvalue weighted by Gasteiger charge is 2.71. The lowest BCUT2D eigenvalue weighted by Gasteiger charge is -2.64. The zero-order valence-electron chi connectivity index (χ0n) is 21.4. The molecule has 0 saturated heterocycles. The van der Waals surface area contributed by atoms with E-state index in [0.717, 1.165) is 18.4 Å². The molecule has 0 amide bonds. The van der Waals surface area contributed by atoms with Crippen molar-refractivity contribution in [2.75, 3.05) is 13.2 Å². The van der Waals surface area contributed by atoms with E-state index in [1.807, 2.05) is 6.92 Å². The predicted octanol–water partition coefficient (Wildman–Crippen LogP) is 1.28. The summed E-state index contributed by atoms with van der Waals surface area (Å²) in [6.07, 6.45) is 3.59. The Kier molecular flexibility index (Phi) is 6.32. The van der Waals surface area contributed by atoms with Crippen molar-refractivity contribution in [3.8, 4) is 0 Å². The summed E-state index contributed by atoms with van der Waals surface area (Å²) in [5.41, 5.74) is -2.31. The van der Waals surface area contributed by atoms with Gasteiger partial charge in [-0.3, -0.25) is 4.79 Å². The lowest BCUT2D eigenvalue weighted by Crippen LogP contribution is -2.70.